The fraction of sp³-hybridized carbons (Fsp3) is 0.350. The molecule has 1 saturated heterocycles. The molecule has 0 unspecified atom stereocenters. The van der Waals surface area contributed by atoms with Crippen molar-refractivity contribution in [3.8, 4) is 5.75 Å². The number of nitrogens with zero attached hydrogens (tertiary/aromatic N) is 1. The van der Waals surface area contributed by atoms with E-state index in [-0.39, 0.29) is 11.8 Å². The number of piperidine rings is 1. The van der Waals surface area contributed by atoms with Gasteiger partial charge in [0.15, 0.2) is 0 Å². The number of hydrogen-bond donors (Lipinski definition) is 1. The first-order chi connectivity index (χ1) is 13.0. The van der Waals surface area contributed by atoms with E-state index in [1.165, 1.54) is 0 Å². The molecule has 3 rings (SSSR count). The highest BCUT2D eigenvalue weighted by Gasteiger charge is 2.25. The van der Waals surface area contributed by atoms with Gasteiger partial charge in [-0.2, -0.15) is 0 Å². The van der Waals surface area contributed by atoms with Crippen LogP contribution in [0.1, 0.15) is 18.4 Å². The fourth-order valence-electron chi connectivity index (χ4n) is 3.23. The second-order valence-electron chi connectivity index (χ2n) is 6.62. The summed E-state index contributed by atoms with van der Waals surface area (Å²) in [6.45, 7) is 2.46. The zero-order chi connectivity index (χ0) is 19.4. The van der Waals surface area contributed by atoms with Crippen LogP contribution in [0.15, 0.2) is 36.4 Å². The summed E-state index contributed by atoms with van der Waals surface area (Å²) in [5.74, 6) is 0.604. The van der Waals surface area contributed by atoms with Gasteiger partial charge in [0, 0.05) is 28.2 Å². The molecule has 27 heavy (non-hydrogen) atoms. The van der Waals surface area contributed by atoms with Crippen molar-refractivity contribution in [2.75, 3.05) is 25.5 Å². The molecule has 1 N–H and O–H groups in total. The molecule has 144 valence electrons. The van der Waals surface area contributed by atoms with Crippen molar-refractivity contribution in [2.24, 2.45) is 5.92 Å². The van der Waals surface area contributed by atoms with Gasteiger partial charge in [0.2, 0.25) is 5.91 Å². The Balaban J connectivity index is 1.52. The van der Waals surface area contributed by atoms with Gasteiger partial charge in [-0.1, -0.05) is 40.9 Å². The largest absolute Gasteiger partial charge is 0.495 e. The standard InChI is InChI=1S/C20H21Cl3N2O2/c1-27-19-5-4-16(11-18(19)23)24-20(26)13-6-8-25(9-7-13)12-14-2-3-15(21)10-17(14)22/h2-5,10-11,13H,6-9,12H2,1H3,(H,24,26). The summed E-state index contributed by atoms with van der Waals surface area (Å²) in [4.78, 5) is 14.9. The summed E-state index contributed by atoms with van der Waals surface area (Å²) in [7, 11) is 1.56. The first kappa shape index (κ1) is 20.3. The van der Waals surface area contributed by atoms with Crippen molar-refractivity contribution >= 4 is 46.4 Å². The number of likely N-dealkylation sites (tertiary alicyclic amines) is 1. The number of benzene rings is 2. The summed E-state index contributed by atoms with van der Waals surface area (Å²) in [6.07, 6.45) is 1.61. The van der Waals surface area contributed by atoms with Gasteiger partial charge in [-0.25, -0.2) is 0 Å². The maximum Gasteiger partial charge on any atom is 0.227 e. The molecule has 1 fully saturated rings. The van der Waals surface area contributed by atoms with Crippen LogP contribution in [0.3, 0.4) is 0 Å². The molecule has 4 nitrogen and oxygen atoms in total. The average Bonchev–Trinajstić information content (AvgIpc) is 2.65. The van der Waals surface area contributed by atoms with Crippen LogP contribution in [-0.4, -0.2) is 31.0 Å². The maximum atomic E-state index is 12.6. The normalized spacial score (nSPS) is 15.6. The highest BCUT2D eigenvalue weighted by atomic mass is 35.5. The summed E-state index contributed by atoms with van der Waals surface area (Å²) in [5.41, 5.74) is 1.73. The number of amides is 1. The number of nitrogens with one attached hydrogen (secondary N) is 1. The Bertz CT molecular complexity index is 821. The highest BCUT2D eigenvalue weighted by molar-refractivity contribution is 6.35. The highest BCUT2D eigenvalue weighted by Crippen LogP contribution is 2.29. The minimum absolute atomic E-state index is 0.0113. The lowest BCUT2D eigenvalue weighted by Crippen LogP contribution is -2.37. The lowest BCUT2D eigenvalue weighted by atomic mass is 9.95. The quantitative estimate of drug-likeness (QED) is 0.684. The van der Waals surface area contributed by atoms with E-state index in [0.29, 0.717) is 26.5 Å². The number of ether oxygens (including phenoxy) is 1. The molecule has 2 aromatic carbocycles. The molecule has 2 aromatic rings. The van der Waals surface area contributed by atoms with Crippen LogP contribution < -0.4 is 10.1 Å². The van der Waals surface area contributed by atoms with Gasteiger partial charge in [0.25, 0.3) is 0 Å². The maximum absolute atomic E-state index is 12.6. The lowest BCUT2D eigenvalue weighted by molar-refractivity contribution is -0.121. The Labute approximate surface area is 174 Å². The minimum atomic E-state index is -0.0113. The second kappa shape index (κ2) is 9.16. The zero-order valence-corrected chi connectivity index (χ0v) is 17.2. The minimum Gasteiger partial charge on any atom is -0.495 e. The zero-order valence-electron chi connectivity index (χ0n) is 15.0. The van der Waals surface area contributed by atoms with Crippen LogP contribution in [0.25, 0.3) is 0 Å². The molecule has 1 heterocycles. The molecule has 1 amide bonds. The van der Waals surface area contributed by atoms with Crippen molar-refractivity contribution < 1.29 is 9.53 Å². The number of anilines is 1. The van der Waals surface area contributed by atoms with Gasteiger partial charge in [-0.05, 0) is 61.8 Å². The molecule has 0 aliphatic carbocycles. The number of hydrogen-bond acceptors (Lipinski definition) is 3. The fourth-order valence-corrected chi connectivity index (χ4v) is 3.96. The van der Waals surface area contributed by atoms with E-state index in [2.05, 4.69) is 10.2 Å². The number of carbonyl (C=O) groups excluding carboxylic acids is 1. The van der Waals surface area contributed by atoms with Crippen molar-refractivity contribution in [3.63, 3.8) is 0 Å². The van der Waals surface area contributed by atoms with Crippen molar-refractivity contribution in [2.45, 2.75) is 19.4 Å². The van der Waals surface area contributed by atoms with Crippen molar-refractivity contribution in [3.05, 3.63) is 57.0 Å². The number of carbonyl (C=O) groups is 1. The number of rotatable bonds is 5. The van der Waals surface area contributed by atoms with Gasteiger partial charge in [-0.3, -0.25) is 9.69 Å². The number of methoxy groups -OCH3 is 1. The summed E-state index contributed by atoms with van der Waals surface area (Å²) in [5, 5.41) is 4.74. The molecular weight excluding hydrogens is 407 g/mol. The van der Waals surface area contributed by atoms with E-state index in [4.69, 9.17) is 39.5 Å². The summed E-state index contributed by atoms with van der Waals surface area (Å²) in [6, 6.07) is 10.8. The predicted octanol–water partition coefficient (Wildman–Crippen LogP) is 5.51. The van der Waals surface area contributed by atoms with Gasteiger partial charge in [0.1, 0.15) is 5.75 Å². The summed E-state index contributed by atoms with van der Waals surface area (Å²) >= 11 is 18.3. The molecule has 0 spiro atoms. The predicted molar refractivity (Wildman–Crippen MR) is 111 cm³/mol. The smallest absolute Gasteiger partial charge is 0.227 e. The Morgan fingerprint density at radius 1 is 1.11 bits per heavy atom. The molecule has 0 bridgehead atoms. The molecular formula is C20H21Cl3N2O2. The first-order valence-electron chi connectivity index (χ1n) is 8.77. The Morgan fingerprint density at radius 2 is 1.85 bits per heavy atom. The molecule has 0 aromatic heterocycles. The van der Waals surface area contributed by atoms with Gasteiger partial charge in [-0.15, -0.1) is 0 Å². The van der Waals surface area contributed by atoms with E-state index in [1.54, 1.807) is 31.4 Å². The van der Waals surface area contributed by atoms with Crippen LogP contribution >= 0.6 is 34.8 Å². The topological polar surface area (TPSA) is 41.6 Å². The third-order valence-corrected chi connectivity index (χ3v) is 5.67. The Hall–Kier alpha value is -1.46. The molecule has 0 saturated carbocycles. The lowest BCUT2D eigenvalue weighted by Gasteiger charge is -2.31. The molecule has 0 atom stereocenters. The van der Waals surface area contributed by atoms with Crippen LogP contribution in [0.2, 0.25) is 15.1 Å². The third-order valence-electron chi connectivity index (χ3n) is 4.79. The van der Waals surface area contributed by atoms with Crippen LogP contribution in [0.4, 0.5) is 5.69 Å². The average molecular weight is 428 g/mol. The van der Waals surface area contributed by atoms with E-state index in [1.807, 2.05) is 12.1 Å². The Kier molecular flexibility index (Phi) is 6.88. The first-order valence-corrected chi connectivity index (χ1v) is 9.90. The molecule has 0 radical (unpaired) electrons. The van der Waals surface area contributed by atoms with Crippen LogP contribution in [-0.2, 0) is 11.3 Å². The Morgan fingerprint density at radius 3 is 2.48 bits per heavy atom. The van der Waals surface area contributed by atoms with Crippen molar-refractivity contribution in [1.29, 1.82) is 0 Å². The van der Waals surface area contributed by atoms with Gasteiger partial charge < -0.3 is 10.1 Å². The monoisotopic (exact) mass is 426 g/mol. The van der Waals surface area contributed by atoms with Gasteiger partial charge >= 0.3 is 0 Å². The molecule has 7 heteroatoms. The second-order valence-corrected chi connectivity index (χ2v) is 7.88. The molecule has 1 aliphatic rings. The third kappa shape index (κ3) is 5.29. The van der Waals surface area contributed by atoms with Crippen LogP contribution in [0, 0.1) is 5.92 Å². The number of halogens is 3. The van der Waals surface area contributed by atoms with E-state index in [9.17, 15) is 4.79 Å². The van der Waals surface area contributed by atoms with E-state index < -0.39 is 0 Å². The van der Waals surface area contributed by atoms with Crippen molar-refractivity contribution in [1.82, 2.24) is 4.90 Å². The van der Waals surface area contributed by atoms with E-state index in [0.717, 1.165) is 38.0 Å². The van der Waals surface area contributed by atoms with Gasteiger partial charge in [0.05, 0.1) is 12.1 Å². The summed E-state index contributed by atoms with van der Waals surface area (Å²) < 4.78 is 5.13. The van der Waals surface area contributed by atoms with E-state index >= 15 is 0 Å². The molecule has 1 aliphatic heterocycles. The van der Waals surface area contributed by atoms with Crippen LogP contribution in [0.5, 0.6) is 5.75 Å². The SMILES string of the molecule is COc1ccc(NC(=O)C2CCN(Cc3ccc(Cl)cc3Cl)CC2)cc1Cl.